The molecule has 0 spiro atoms. The minimum absolute atomic E-state index is 1.00. The number of rotatable bonds is 0. The van der Waals surface area contributed by atoms with Gasteiger partial charge in [-0.3, -0.25) is 0 Å². The molecule has 0 saturated carbocycles. The van der Waals surface area contributed by atoms with E-state index >= 15 is 0 Å². The van der Waals surface area contributed by atoms with Gasteiger partial charge in [-0.2, -0.15) is 0 Å². The van der Waals surface area contributed by atoms with Crippen molar-refractivity contribution in [2.24, 2.45) is 0 Å². The van der Waals surface area contributed by atoms with Crippen molar-refractivity contribution in [2.75, 3.05) is 13.2 Å². The predicted molar refractivity (Wildman–Crippen MR) is 144 cm³/mol. The molecule has 0 bridgehead atoms. The highest BCUT2D eigenvalue weighted by atomic mass is 127. The van der Waals surface area contributed by atoms with E-state index in [2.05, 4.69) is 143 Å². The van der Waals surface area contributed by atoms with Crippen LogP contribution in [-0.4, -0.2) is 13.2 Å². The zero-order valence-electron chi connectivity index (χ0n) is 15.7. The van der Waals surface area contributed by atoms with Gasteiger partial charge in [0.1, 0.15) is 0 Å². The van der Waals surface area contributed by atoms with E-state index in [1.807, 2.05) is 0 Å². The minimum Gasteiger partial charge on any atom is -0.381 e. The quantitative estimate of drug-likeness (QED) is 0.167. The monoisotopic (exact) mass is 688 g/mol. The molecule has 29 heavy (non-hydrogen) atoms. The van der Waals surface area contributed by atoms with Gasteiger partial charge in [0.25, 0.3) is 0 Å². The van der Waals surface area contributed by atoms with Crippen molar-refractivity contribution < 1.29 is 4.74 Å². The predicted octanol–water partition coefficient (Wildman–Crippen LogP) is 9.37. The summed E-state index contributed by atoms with van der Waals surface area (Å²) in [4.78, 5) is 0. The molecular formula is C24H20Br3IO. The largest absolute Gasteiger partial charge is 0.381 e. The molecule has 1 aliphatic heterocycles. The lowest BCUT2D eigenvalue weighted by Crippen LogP contribution is -1.74. The fourth-order valence-electron chi connectivity index (χ4n) is 2.89. The van der Waals surface area contributed by atoms with Crippen molar-refractivity contribution in [1.82, 2.24) is 0 Å². The summed E-state index contributed by atoms with van der Waals surface area (Å²) in [6.07, 6.45) is 2.56. The van der Waals surface area contributed by atoms with E-state index in [4.69, 9.17) is 4.74 Å². The van der Waals surface area contributed by atoms with Gasteiger partial charge in [-0.1, -0.05) is 72.1 Å². The van der Waals surface area contributed by atoms with Crippen LogP contribution in [0.3, 0.4) is 0 Å². The van der Waals surface area contributed by atoms with Crippen LogP contribution in [0.4, 0.5) is 0 Å². The number of halogens is 4. The molecule has 4 aromatic carbocycles. The van der Waals surface area contributed by atoms with Crippen molar-refractivity contribution >= 4 is 91.9 Å². The van der Waals surface area contributed by atoms with Crippen LogP contribution in [0.5, 0.6) is 0 Å². The number of hydrogen-bond donors (Lipinski definition) is 0. The fraction of sp³-hybridized carbons (Fsp3) is 0.167. The highest BCUT2D eigenvalue weighted by molar-refractivity contribution is 14.1. The van der Waals surface area contributed by atoms with Crippen molar-refractivity contribution in [3.05, 3.63) is 89.8 Å². The molecule has 5 rings (SSSR count). The van der Waals surface area contributed by atoms with E-state index in [-0.39, 0.29) is 0 Å². The van der Waals surface area contributed by atoms with Crippen LogP contribution in [-0.2, 0) is 4.74 Å². The lowest BCUT2D eigenvalue weighted by Gasteiger charge is -1.98. The summed E-state index contributed by atoms with van der Waals surface area (Å²) in [7, 11) is 0. The summed E-state index contributed by atoms with van der Waals surface area (Å²) in [6, 6.07) is 25.3. The van der Waals surface area contributed by atoms with Crippen molar-refractivity contribution in [2.45, 2.75) is 12.8 Å². The molecule has 0 radical (unpaired) electrons. The number of hydrogen-bond acceptors (Lipinski definition) is 1. The van der Waals surface area contributed by atoms with Gasteiger partial charge in [-0.05, 0) is 106 Å². The first-order chi connectivity index (χ1) is 14.0. The van der Waals surface area contributed by atoms with Gasteiger partial charge < -0.3 is 4.74 Å². The van der Waals surface area contributed by atoms with Crippen LogP contribution >= 0.6 is 70.4 Å². The molecule has 4 aromatic rings. The molecule has 1 heterocycles. The normalized spacial score (nSPS) is 12.8. The highest BCUT2D eigenvalue weighted by Crippen LogP contribution is 2.23. The first kappa shape index (κ1) is 23.2. The Morgan fingerprint density at radius 1 is 0.552 bits per heavy atom. The average Bonchev–Trinajstić information content (AvgIpc) is 3.29. The molecule has 0 aromatic heterocycles. The topological polar surface area (TPSA) is 9.23 Å². The summed E-state index contributed by atoms with van der Waals surface area (Å²) >= 11 is 12.7. The van der Waals surface area contributed by atoms with Crippen molar-refractivity contribution in [3.63, 3.8) is 0 Å². The number of benzene rings is 4. The van der Waals surface area contributed by atoms with E-state index in [1.54, 1.807) is 0 Å². The zero-order chi connectivity index (χ0) is 20.6. The van der Waals surface area contributed by atoms with E-state index in [0.29, 0.717) is 0 Å². The Morgan fingerprint density at radius 3 is 1.31 bits per heavy atom. The Morgan fingerprint density at radius 2 is 0.931 bits per heavy atom. The summed E-state index contributed by atoms with van der Waals surface area (Å²) in [6.45, 7) is 2.00. The summed E-state index contributed by atoms with van der Waals surface area (Å²) in [5.74, 6) is 0. The highest BCUT2D eigenvalue weighted by Gasteiger charge is 1.96. The average molecular weight is 691 g/mol. The van der Waals surface area contributed by atoms with Gasteiger partial charge >= 0.3 is 0 Å². The van der Waals surface area contributed by atoms with Gasteiger partial charge in [-0.25, -0.2) is 0 Å². The number of fused-ring (bicyclic) bond motifs is 2. The second kappa shape index (κ2) is 11.8. The maximum absolute atomic E-state index is 4.94. The molecule has 0 unspecified atom stereocenters. The van der Waals surface area contributed by atoms with E-state index in [1.165, 1.54) is 38.0 Å². The minimum atomic E-state index is 1.00. The maximum Gasteiger partial charge on any atom is 0.0466 e. The van der Waals surface area contributed by atoms with Crippen LogP contribution in [0.15, 0.2) is 86.2 Å². The molecule has 1 saturated heterocycles. The Labute approximate surface area is 210 Å². The number of ether oxygens (including phenoxy) is 1. The molecule has 150 valence electrons. The Balaban J connectivity index is 0.000000135. The van der Waals surface area contributed by atoms with Gasteiger partial charge in [0.05, 0.1) is 0 Å². The fourth-order valence-corrected chi connectivity index (χ4v) is 4.54. The second-order valence-corrected chi connectivity index (χ2v) is 10.6. The van der Waals surface area contributed by atoms with Gasteiger partial charge in [0, 0.05) is 30.2 Å². The van der Waals surface area contributed by atoms with E-state index in [9.17, 15) is 0 Å². The molecule has 0 aliphatic carbocycles. The summed E-state index contributed by atoms with van der Waals surface area (Å²) in [5.41, 5.74) is 0. The lowest BCUT2D eigenvalue weighted by atomic mass is 10.1. The lowest BCUT2D eigenvalue weighted by molar-refractivity contribution is 0.198. The molecular weight excluding hydrogens is 671 g/mol. The standard InChI is InChI=1S/C10H6Br2.C10H6BrI.C4H8O/c11-9-3-1-7-5-10(12)4-2-8(7)6-9;11-9-3-1-8-6-10(12)4-2-7(8)5-9;1-2-4-5-3-1/h2*1-6H;1-4H2. The molecule has 0 N–H and O–H groups in total. The first-order valence-electron chi connectivity index (χ1n) is 9.29. The molecule has 1 fully saturated rings. The van der Waals surface area contributed by atoms with Gasteiger partial charge in [-0.15, -0.1) is 0 Å². The van der Waals surface area contributed by atoms with Gasteiger partial charge in [0.2, 0.25) is 0 Å². The van der Waals surface area contributed by atoms with Crippen molar-refractivity contribution in [1.29, 1.82) is 0 Å². The van der Waals surface area contributed by atoms with Crippen LogP contribution in [0.2, 0.25) is 0 Å². The third-order valence-electron chi connectivity index (χ3n) is 4.36. The Bertz CT molecular complexity index is 920. The second-order valence-electron chi connectivity index (χ2n) is 6.59. The molecule has 5 heteroatoms. The summed E-state index contributed by atoms with van der Waals surface area (Å²) in [5, 5.41) is 5.09. The third kappa shape index (κ3) is 7.62. The van der Waals surface area contributed by atoms with E-state index in [0.717, 1.165) is 26.6 Å². The van der Waals surface area contributed by atoms with Crippen LogP contribution < -0.4 is 0 Å². The molecule has 1 aliphatic rings. The Kier molecular flexibility index (Phi) is 9.44. The SMILES string of the molecule is Brc1ccc2cc(Br)ccc2c1.Brc1ccc2cc(I)ccc2c1.C1CCOC1. The molecule has 0 amide bonds. The first-order valence-corrected chi connectivity index (χ1v) is 12.7. The van der Waals surface area contributed by atoms with E-state index < -0.39 is 0 Å². The van der Waals surface area contributed by atoms with Crippen LogP contribution in [0.1, 0.15) is 12.8 Å². The van der Waals surface area contributed by atoms with Crippen molar-refractivity contribution in [3.8, 4) is 0 Å². The smallest absolute Gasteiger partial charge is 0.0466 e. The van der Waals surface area contributed by atoms with Crippen LogP contribution in [0.25, 0.3) is 21.5 Å². The third-order valence-corrected chi connectivity index (χ3v) is 6.51. The Hall–Kier alpha value is -0.470. The zero-order valence-corrected chi connectivity index (χ0v) is 22.6. The summed E-state index contributed by atoms with van der Waals surface area (Å²) < 4.78 is 9.60. The molecule has 0 atom stereocenters. The maximum atomic E-state index is 4.94. The van der Waals surface area contributed by atoms with Gasteiger partial charge in [0.15, 0.2) is 0 Å². The molecule has 1 nitrogen and oxygen atoms in total. The van der Waals surface area contributed by atoms with Crippen LogP contribution in [0, 0.1) is 3.57 Å².